The maximum atomic E-state index is 12.4. The van der Waals surface area contributed by atoms with Crippen molar-refractivity contribution in [1.82, 2.24) is 0 Å². The van der Waals surface area contributed by atoms with E-state index in [4.69, 9.17) is 16.0 Å². The molecule has 0 amide bonds. The molecule has 2 nitrogen and oxygen atoms in total. The van der Waals surface area contributed by atoms with Crippen molar-refractivity contribution in [1.29, 1.82) is 0 Å². The molecular weight excluding hydrogens is 320 g/mol. The van der Waals surface area contributed by atoms with Gasteiger partial charge in [0.05, 0.1) is 0 Å². The smallest absolute Gasteiger partial charge is 0.185 e. The van der Waals surface area contributed by atoms with Gasteiger partial charge in [-0.25, -0.2) is 0 Å². The largest absolute Gasteiger partial charge is 0.456 e. The van der Waals surface area contributed by atoms with Crippen molar-refractivity contribution in [3.8, 4) is 0 Å². The summed E-state index contributed by atoms with van der Waals surface area (Å²) in [6.45, 7) is 0. The first kappa shape index (κ1) is 14.7. The molecule has 3 heteroatoms. The van der Waals surface area contributed by atoms with Gasteiger partial charge in [-0.15, -0.1) is 0 Å². The molecule has 0 aliphatic carbocycles. The molecule has 116 valence electrons. The summed E-state index contributed by atoms with van der Waals surface area (Å²) in [5.74, 6) is -0.0443. The molecule has 0 bridgehead atoms. The van der Waals surface area contributed by atoms with E-state index in [1.807, 2.05) is 48.5 Å². The molecule has 0 saturated carbocycles. The van der Waals surface area contributed by atoms with Gasteiger partial charge in [0.1, 0.15) is 11.2 Å². The number of carbonyl (C=O) groups is 1. The van der Waals surface area contributed by atoms with Crippen LogP contribution in [0.2, 0.25) is 5.02 Å². The molecule has 0 N–H and O–H groups in total. The van der Waals surface area contributed by atoms with Gasteiger partial charge in [-0.05, 0) is 48.0 Å². The van der Waals surface area contributed by atoms with Gasteiger partial charge >= 0.3 is 0 Å². The second-order valence-corrected chi connectivity index (χ2v) is 5.99. The maximum Gasteiger partial charge on any atom is 0.185 e. The van der Waals surface area contributed by atoms with Crippen LogP contribution in [0.5, 0.6) is 0 Å². The second-order valence-electron chi connectivity index (χ2n) is 5.56. The highest BCUT2D eigenvalue weighted by Gasteiger charge is 2.09. The summed E-state index contributed by atoms with van der Waals surface area (Å²) in [5, 5.41) is 2.65. The van der Waals surface area contributed by atoms with E-state index in [0.717, 1.165) is 27.5 Å². The summed E-state index contributed by atoms with van der Waals surface area (Å²) in [7, 11) is 0. The zero-order valence-corrected chi connectivity index (χ0v) is 13.5. The molecule has 0 saturated heterocycles. The lowest BCUT2D eigenvalue weighted by atomic mass is 10.1. The fraction of sp³-hybridized carbons (Fsp3) is 0. The van der Waals surface area contributed by atoms with Gasteiger partial charge in [-0.2, -0.15) is 0 Å². The number of halogens is 1. The number of furan rings is 1. The summed E-state index contributed by atoms with van der Waals surface area (Å²) in [4.78, 5) is 12.4. The molecular formula is C21H13ClO2. The van der Waals surface area contributed by atoms with Crippen LogP contribution in [0.15, 0.2) is 77.2 Å². The van der Waals surface area contributed by atoms with Gasteiger partial charge in [-0.1, -0.05) is 48.0 Å². The molecule has 3 aromatic carbocycles. The van der Waals surface area contributed by atoms with Crippen LogP contribution >= 0.6 is 11.6 Å². The molecule has 1 aromatic heterocycles. The number of benzene rings is 3. The number of allylic oxidation sites excluding steroid dienone is 1. The lowest BCUT2D eigenvalue weighted by Gasteiger charge is -1.97. The van der Waals surface area contributed by atoms with Crippen LogP contribution < -0.4 is 0 Å². The maximum absolute atomic E-state index is 12.4. The van der Waals surface area contributed by atoms with E-state index < -0.39 is 0 Å². The number of ketones is 1. The van der Waals surface area contributed by atoms with Crippen molar-refractivity contribution >= 4 is 45.4 Å². The lowest BCUT2D eigenvalue weighted by Crippen LogP contribution is -1.93. The normalized spacial score (nSPS) is 11.5. The van der Waals surface area contributed by atoms with Gasteiger partial charge in [0.25, 0.3) is 0 Å². The molecule has 0 fully saturated rings. The van der Waals surface area contributed by atoms with E-state index in [0.29, 0.717) is 10.6 Å². The Kier molecular flexibility index (Phi) is 3.68. The topological polar surface area (TPSA) is 30.2 Å². The summed E-state index contributed by atoms with van der Waals surface area (Å²) >= 11 is 5.86. The fourth-order valence-corrected chi connectivity index (χ4v) is 2.85. The van der Waals surface area contributed by atoms with Crippen LogP contribution in [0, 0.1) is 0 Å². The number of rotatable bonds is 3. The molecule has 0 unspecified atom stereocenters. The minimum atomic E-state index is -0.0443. The second kappa shape index (κ2) is 5.99. The number of hydrogen-bond acceptors (Lipinski definition) is 2. The summed E-state index contributed by atoms with van der Waals surface area (Å²) in [5.41, 5.74) is 3.19. The third-order valence-electron chi connectivity index (χ3n) is 3.96. The van der Waals surface area contributed by atoms with E-state index >= 15 is 0 Å². The average Bonchev–Trinajstić information content (AvgIpc) is 2.99. The molecule has 24 heavy (non-hydrogen) atoms. The molecule has 0 spiro atoms. The van der Waals surface area contributed by atoms with Gasteiger partial charge in [0, 0.05) is 21.4 Å². The van der Waals surface area contributed by atoms with Crippen LogP contribution in [0.3, 0.4) is 0 Å². The Labute approximate surface area is 144 Å². The summed E-state index contributed by atoms with van der Waals surface area (Å²) in [6, 6.07) is 20.7. The van der Waals surface area contributed by atoms with Gasteiger partial charge in [0.2, 0.25) is 0 Å². The van der Waals surface area contributed by atoms with E-state index in [-0.39, 0.29) is 5.78 Å². The van der Waals surface area contributed by atoms with E-state index in [9.17, 15) is 4.79 Å². The van der Waals surface area contributed by atoms with Crippen molar-refractivity contribution in [2.45, 2.75) is 0 Å². The first-order valence-corrected chi connectivity index (χ1v) is 7.98. The number of hydrogen-bond donors (Lipinski definition) is 0. The Morgan fingerprint density at radius 1 is 0.875 bits per heavy atom. The summed E-state index contributed by atoms with van der Waals surface area (Å²) < 4.78 is 5.79. The van der Waals surface area contributed by atoms with Crippen LogP contribution in [0.1, 0.15) is 15.9 Å². The first-order chi connectivity index (χ1) is 11.7. The third kappa shape index (κ3) is 2.72. The Hall–Kier alpha value is -2.84. The van der Waals surface area contributed by atoms with Crippen LogP contribution in [-0.4, -0.2) is 5.78 Å². The van der Waals surface area contributed by atoms with E-state index in [1.54, 1.807) is 30.4 Å². The number of fused-ring (bicyclic) bond motifs is 3. The fourth-order valence-electron chi connectivity index (χ4n) is 2.72. The standard InChI is InChI=1S/C21H13ClO2/c22-16-9-5-14(6-10-16)7-11-19(23)15-8-12-21-18(13-15)17-3-1-2-4-20(17)24-21/h1-13H. The van der Waals surface area contributed by atoms with Gasteiger partial charge in [0.15, 0.2) is 5.78 Å². The predicted octanol–water partition coefficient (Wildman–Crippen LogP) is 6.14. The van der Waals surface area contributed by atoms with E-state index in [1.165, 1.54) is 0 Å². The first-order valence-electron chi connectivity index (χ1n) is 7.60. The zero-order valence-electron chi connectivity index (χ0n) is 12.7. The molecule has 0 atom stereocenters. The molecule has 0 aliphatic rings. The average molecular weight is 333 g/mol. The third-order valence-corrected chi connectivity index (χ3v) is 4.21. The van der Waals surface area contributed by atoms with Crippen molar-refractivity contribution in [2.24, 2.45) is 0 Å². The monoisotopic (exact) mass is 332 g/mol. The van der Waals surface area contributed by atoms with Gasteiger partial charge < -0.3 is 4.42 Å². The molecule has 0 radical (unpaired) electrons. The minimum Gasteiger partial charge on any atom is -0.456 e. The Morgan fingerprint density at radius 2 is 1.62 bits per heavy atom. The lowest BCUT2D eigenvalue weighted by molar-refractivity contribution is 0.104. The highest BCUT2D eigenvalue weighted by molar-refractivity contribution is 6.30. The van der Waals surface area contributed by atoms with Crippen molar-refractivity contribution in [3.05, 3.63) is 89.0 Å². The van der Waals surface area contributed by atoms with E-state index in [2.05, 4.69) is 0 Å². The van der Waals surface area contributed by atoms with Crippen LogP contribution in [0.25, 0.3) is 28.0 Å². The molecule has 4 rings (SSSR count). The molecule has 0 aliphatic heterocycles. The Morgan fingerprint density at radius 3 is 2.46 bits per heavy atom. The van der Waals surface area contributed by atoms with Crippen molar-refractivity contribution < 1.29 is 9.21 Å². The van der Waals surface area contributed by atoms with Crippen LogP contribution in [0.4, 0.5) is 0 Å². The number of para-hydroxylation sites is 1. The predicted molar refractivity (Wildman–Crippen MR) is 98.5 cm³/mol. The Balaban J connectivity index is 1.69. The SMILES string of the molecule is O=C(C=Cc1ccc(Cl)cc1)c1ccc2oc3ccccc3c2c1. The van der Waals surface area contributed by atoms with Crippen molar-refractivity contribution in [2.75, 3.05) is 0 Å². The highest BCUT2D eigenvalue weighted by atomic mass is 35.5. The van der Waals surface area contributed by atoms with Crippen LogP contribution in [-0.2, 0) is 0 Å². The quantitative estimate of drug-likeness (QED) is 0.333. The Bertz CT molecular complexity index is 1070. The van der Waals surface area contributed by atoms with Crippen molar-refractivity contribution in [3.63, 3.8) is 0 Å². The highest BCUT2D eigenvalue weighted by Crippen LogP contribution is 2.29. The molecule has 1 heterocycles. The number of carbonyl (C=O) groups excluding carboxylic acids is 1. The van der Waals surface area contributed by atoms with Gasteiger partial charge in [-0.3, -0.25) is 4.79 Å². The molecule has 4 aromatic rings. The summed E-state index contributed by atoms with van der Waals surface area (Å²) in [6.07, 6.45) is 3.36. The zero-order chi connectivity index (χ0) is 16.5. The minimum absolute atomic E-state index is 0.0443.